The van der Waals surface area contributed by atoms with E-state index in [0.717, 1.165) is 5.39 Å². The molecule has 2 aromatic heterocycles. The summed E-state index contributed by atoms with van der Waals surface area (Å²) in [6.45, 7) is 4.94. The zero-order valence-electron chi connectivity index (χ0n) is 17.5. The number of carbonyl (C=O) groups excluding carboxylic acids is 2. The summed E-state index contributed by atoms with van der Waals surface area (Å²) in [6.07, 6.45) is 1.10. The molecule has 2 amide bonds. The van der Waals surface area contributed by atoms with E-state index < -0.39 is 6.10 Å². The molecule has 3 heterocycles. The van der Waals surface area contributed by atoms with E-state index in [0.29, 0.717) is 42.0 Å². The van der Waals surface area contributed by atoms with Crippen LogP contribution in [0.5, 0.6) is 0 Å². The summed E-state index contributed by atoms with van der Waals surface area (Å²) in [5.41, 5.74) is 8.11. The number of benzene rings is 1. The summed E-state index contributed by atoms with van der Waals surface area (Å²) < 4.78 is 5.94. The Hall–Kier alpha value is -3.52. The van der Waals surface area contributed by atoms with Gasteiger partial charge in [-0.2, -0.15) is 0 Å². The maximum absolute atomic E-state index is 13.0. The van der Waals surface area contributed by atoms with Crippen LogP contribution in [0, 0.1) is 0 Å². The zero-order valence-corrected chi connectivity index (χ0v) is 17.5. The maximum atomic E-state index is 13.0. The van der Waals surface area contributed by atoms with E-state index in [1.165, 1.54) is 0 Å². The fourth-order valence-electron chi connectivity index (χ4n) is 3.67. The van der Waals surface area contributed by atoms with Gasteiger partial charge in [0.25, 0.3) is 11.8 Å². The van der Waals surface area contributed by atoms with E-state index in [-0.39, 0.29) is 23.7 Å². The van der Waals surface area contributed by atoms with Crippen LogP contribution in [0.3, 0.4) is 0 Å². The van der Waals surface area contributed by atoms with E-state index in [1.54, 1.807) is 29.3 Å². The highest BCUT2D eigenvalue weighted by molar-refractivity contribution is 6.06. The van der Waals surface area contributed by atoms with Crippen molar-refractivity contribution in [1.82, 2.24) is 20.2 Å². The average Bonchev–Trinajstić information content (AvgIpc) is 2.78. The SMILES string of the molecule is CC(C)NC(=O)c1cc([C@@H]2CN(C(=O)c3cccnc3N)CCO2)nc2ccccc12. The first-order chi connectivity index (χ1) is 14.9. The molecule has 160 valence electrons. The first-order valence-electron chi connectivity index (χ1n) is 10.3. The second kappa shape index (κ2) is 8.69. The lowest BCUT2D eigenvalue weighted by Crippen LogP contribution is -2.42. The Balaban J connectivity index is 1.66. The summed E-state index contributed by atoms with van der Waals surface area (Å²) in [4.78, 5) is 36.2. The third kappa shape index (κ3) is 4.34. The summed E-state index contributed by atoms with van der Waals surface area (Å²) in [7, 11) is 0. The molecule has 0 radical (unpaired) electrons. The number of pyridine rings is 2. The molecule has 1 saturated heterocycles. The highest BCUT2D eigenvalue weighted by Gasteiger charge is 2.29. The number of nitrogens with two attached hydrogens (primary N) is 1. The second-order valence-electron chi connectivity index (χ2n) is 7.79. The summed E-state index contributed by atoms with van der Waals surface area (Å²) in [6, 6.07) is 12.6. The van der Waals surface area contributed by atoms with Gasteiger partial charge in [0.05, 0.1) is 35.5 Å². The minimum Gasteiger partial charge on any atom is -0.383 e. The first kappa shape index (κ1) is 20.7. The number of para-hydroxylation sites is 1. The van der Waals surface area contributed by atoms with Gasteiger partial charge in [0.1, 0.15) is 11.9 Å². The molecular formula is C23H25N5O3. The van der Waals surface area contributed by atoms with Gasteiger partial charge in [-0.05, 0) is 38.1 Å². The van der Waals surface area contributed by atoms with Crippen molar-refractivity contribution in [2.24, 2.45) is 0 Å². The number of nitrogen functional groups attached to an aromatic ring is 1. The smallest absolute Gasteiger partial charge is 0.257 e. The lowest BCUT2D eigenvalue weighted by molar-refractivity contribution is -0.0246. The molecule has 4 rings (SSSR count). The van der Waals surface area contributed by atoms with Crippen LogP contribution in [0.1, 0.15) is 46.4 Å². The van der Waals surface area contributed by atoms with Crippen molar-refractivity contribution in [2.45, 2.75) is 26.0 Å². The van der Waals surface area contributed by atoms with E-state index in [4.69, 9.17) is 15.5 Å². The van der Waals surface area contributed by atoms with Gasteiger partial charge in [-0.1, -0.05) is 18.2 Å². The second-order valence-corrected chi connectivity index (χ2v) is 7.79. The molecule has 0 unspecified atom stereocenters. The molecule has 0 aliphatic carbocycles. The highest BCUT2D eigenvalue weighted by atomic mass is 16.5. The molecule has 31 heavy (non-hydrogen) atoms. The Bertz CT molecular complexity index is 1130. The highest BCUT2D eigenvalue weighted by Crippen LogP contribution is 2.27. The number of ether oxygens (including phenoxy) is 1. The third-order valence-corrected chi connectivity index (χ3v) is 5.15. The molecular weight excluding hydrogens is 394 g/mol. The normalized spacial score (nSPS) is 16.5. The largest absolute Gasteiger partial charge is 0.383 e. The fourth-order valence-corrected chi connectivity index (χ4v) is 3.67. The van der Waals surface area contributed by atoms with Gasteiger partial charge in [-0.3, -0.25) is 9.59 Å². The Labute approximate surface area is 180 Å². The van der Waals surface area contributed by atoms with Crippen molar-refractivity contribution in [1.29, 1.82) is 0 Å². The monoisotopic (exact) mass is 419 g/mol. The number of hydrogen-bond donors (Lipinski definition) is 2. The standard InChI is InChI=1S/C23H25N5O3/c1-14(2)26-22(29)17-12-19(27-18-8-4-3-6-15(17)18)20-13-28(10-11-31-20)23(30)16-7-5-9-25-21(16)24/h3-9,12,14,20H,10-11,13H2,1-2H3,(H2,24,25)(H,26,29)/t20-/m0/s1. The first-order valence-corrected chi connectivity index (χ1v) is 10.3. The number of carbonyl (C=O) groups is 2. The van der Waals surface area contributed by atoms with Crippen molar-refractivity contribution in [3.05, 3.63) is 65.5 Å². The van der Waals surface area contributed by atoms with Gasteiger partial charge < -0.3 is 20.7 Å². The minimum absolute atomic E-state index is 0.00635. The number of fused-ring (bicyclic) bond motifs is 1. The molecule has 1 atom stereocenters. The predicted octanol–water partition coefficient (Wildman–Crippen LogP) is 2.56. The van der Waals surface area contributed by atoms with Crippen LogP contribution in [0.2, 0.25) is 0 Å². The van der Waals surface area contributed by atoms with Crippen LogP contribution in [0.4, 0.5) is 5.82 Å². The van der Waals surface area contributed by atoms with E-state index in [1.807, 2.05) is 38.1 Å². The van der Waals surface area contributed by atoms with Crippen LogP contribution in [0.15, 0.2) is 48.7 Å². The predicted molar refractivity (Wildman–Crippen MR) is 118 cm³/mol. The van der Waals surface area contributed by atoms with Crippen LogP contribution >= 0.6 is 0 Å². The summed E-state index contributed by atoms with van der Waals surface area (Å²) >= 11 is 0. The number of anilines is 1. The van der Waals surface area contributed by atoms with Crippen molar-refractivity contribution in [3.8, 4) is 0 Å². The molecule has 1 aromatic carbocycles. The van der Waals surface area contributed by atoms with Crippen molar-refractivity contribution in [3.63, 3.8) is 0 Å². The van der Waals surface area contributed by atoms with Crippen molar-refractivity contribution < 1.29 is 14.3 Å². The van der Waals surface area contributed by atoms with E-state index in [2.05, 4.69) is 10.3 Å². The molecule has 1 fully saturated rings. The van der Waals surface area contributed by atoms with Gasteiger partial charge in [-0.25, -0.2) is 9.97 Å². The Morgan fingerprint density at radius 1 is 1.19 bits per heavy atom. The number of nitrogens with zero attached hydrogens (tertiary/aromatic N) is 3. The molecule has 3 aromatic rings. The third-order valence-electron chi connectivity index (χ3n) is 5.15. The molecule has 1 aliphatic rings. The molecule has 8 heteroatoms. The van der Waals surface area contributed by atoms with Crippen molar-refractivity contribution >= 4 is 28.5 Å². The van der Waals surface area contributed by atoms with Crippen LogP contribution in [-0.4, -0.2) is 52.4 Å². The Morgan fingerprint density at radius 3 is 2.77 bits per heavy atom. The lowest BCUT2D eigenvalue weighted by atomic mass is 10.0. The van der Waals surface area contributed by atoms with Gasteiger partial charge >= 0.3 is 0 Å². The topological polar surface area (TPSA) is 110 Å². The summed E-state index contributed by atoms with van der Waals surface area (Å²) in [5, 5.41) is 3.72. The molecule has 0 spiro atoms. The molecule has 3 N–H and O–H groups in total. The van der Waals surface area contributed by atoms with Crippen LogP contribution in [-0.2, 0) is 4.74 Å². The quantitative estimate of drug-likeness (QED) is 0.672. The number of nitrogens with one attached hydrogen (secondary N) is 1. The number of aromatic nitrogens is 2. The van der Waals surface area contributed by atoms with Gasteiger partial charge in [0.2, 0.25) is 0 Å². The van der Waals surface area contributed by atoms with E-state index in [9.17, 15) is 9.59 Å². The zero-order chi connectivity index (χ0) is 22.0. The van der Waals surface area contributed by atoms with Crippen LogP contribution < -0.4 is 11.1 Å². The minimum atomic E-state index is -0.453. The Morgan fingerprint density at radius 2 is 2.00 bits per heavy atom. The number of rotatable bonds is 4. The number of hydrogen-bond acceptors (Lipinski definition) is 6. The van der Waals surface area contributed by atoms with Gasteiger partial charge in [0, 0.05) is 24.2 Å². The number of amides is 2. The summed E-state index contributed by atoms with van der Waals surface area (Å²) in [5.74, 6) is -0.161. The Kier molecular flexibility index (Phi) is 5.81. The van der Waals surface area contributed by atoms with Gasteiger partial charge in [0.15, 0.2) is 0 Å². The lowest BCUT2D eigenvalue weighted by Gasteiger charge is -2.33. The van der Waals surface area contributed by atoms with E-state index >= 15 is 0 Å². The molecule has 0 saturated carbocycles. The number of morpholine rings is 1. The van der Waals surface area contributed by atoms with Crippen LogP contribution in [0.25, 0.3) is 10.9 Å². The van der Waals surface area contributed by atoms with Crippen molar-refractivity contribution in [2.75, 3.05) is 25.4 Å². The molecule has 8 nitrogen and oxygen atoms in total. The average molecular weight is 419 g/mol. The van der Waals surface area contributed by atoms with Gasteiger partial charge in [-0.15, -0.1) is 0 Å². The molecule has 0 bridgehead atoms. The maximum Gasteiger partial charge on any atom is 0.257 e. The molecule has 1 aliphatic heterocycles. The fraction of sp³-hybridized carbons (Fsp3) is 0.304.